The molecule has 1 unspecified atom stereocenters. The van der Waals surface area contributed by atoms with Crippen LogP contribution in [-0.4, -0.2) is 50.6 Å². The molecule has 0 fully saturated rings. The van der Waals surface area contributed by atoms with Crippen molar-refractivity contribution >= 4 is 29.0 Å². The van der Waals surface area contributed by atoms with Gasteiger partial charge in [-0.1, -0.05) is 0 Å². The van der Waals surface area contributed by atoms with E-state index in [-0.39, 0.29) is 46.1 Å². The van der Waals surface area contributed by atoms with Crippen LogP contribution in [0.2, 0.25) is 0 Å². The fourth-order valence-corrected chi connectivity index (χ4v) is 4.45. The largest absolute Gasteiger partial charge is 0.495 e. The summed E-state index contributed by atoms with van der Waals surface area (Å²) >= 11 is 0. The molecule has 0 spiro atoms. The van der Waals surface area contributed by atoms with Crippen LogP contribution in [0.3, 0.4) is 0 Å². The Kier molecular flexibility index (Phi) is 6.52. The van der Waals surface area contributed by atoms with Crippen LogP contribution in [0.5, 0.6) is 11.6 Å². The lowest BCUT2D eigenvalue weighted by atomic mass is 10.0. The molecule has 1 aliphatic rings. The van der Waals surface area contributed by atoms with E-state index in [1.165, 1.54) is 49.8 Å². The molecule has 0 saturated heterocycles. The van der Waals surface area contributed by atoms with Crippen molar-refractivity contribution in [1.29, 1.82) is 5.26 Å². The minimum Gasteiger partial charge on any atom is -0.495 e. The Morgan fingerprint density at radius 2 is 1.79 bits per heavy atom. The zero-order valence-electron chi connectivity index (χ0n) is 21.0. The van der Waals surface area contributed by atoms with Crippen molar-refractivity contribution in [3.05, 3.63) is 94.9 Å². The van der Waals surface area contributed by atoms with Crippen LogP contribution in [0.15, 0.2) is 67.0 Å². The van der Waals surface area contributed by atoms with Crippen molar-refractivity contribution in [2.75, 3.05) is 17.3 Å². The third-order valence-corrected chi connectivity index (χ3v) is 6.39. The van der Waals surface area contributed by atoms with Crippen molar-refractivity contribution in [1.82, 2.24) is 14.8 Å². The summed E-state index contributed by atoms with van der Waals surface area (Å²) in [6, 6.07) is 15.6. The second-order valence-electron chi connectivity index (χ2n) is 8.88. The lowest BCUT2D eigenvalue weighted by molar-refractivity contribution is 0.0947. The maximum absolute atomic E-state index is 13.6. The van der Waals surface area contributed by atoms with Crippen LogP contribution in [0.4, 0.5) is 11.4 Å². The second-order valence-corrected chi connectivity index (χ2v) is 8.88. The molecule has 4 aromatic rings. The van der Waals surface area contributed by atoms with E-state index in [0.29, 0.717) is 29.1 Å². The summed E-state index contributed by atoms with van der Waals surface area (Å²) in [5, 5.41) is 25.7. The zero-order valence-corrected chi connectivity index (χ0v) is 21.0. The van der Waals surface area contributed by atoms with Crippen LogP contribution in [0, 0.1) is 11.3 Å². The standard InChI is InChI=1S/C28H22N6O5/c1-16-15-33-25(22(14-31-33)32-27(37)18-5-9-23(39-2)20(11-18)12-29)28(38)34(16)21-7-3-17(4-8-21)26(36)19-6-10-24(35)30-13-19/h3-11,13-14,16H,15H2,1-2H3,(H,30,35)(H,32,37). The van der Waals surface area contributed by atoms with Gasteiger partial charge < -0.3 is 20.1 Å². The number of aromatic hydroxyl groups is 1. The highest BCUT2D eigenvalue weighted by atomic mass is 16.5. The number of nitrogens with one attached hydrogen (secondary N) is 1. The molecular weight excluding hydrogens is 500 g/mol. The lowest BCUT2D eigenvalue weighted by Gasteiger charge is -2.34. The number of fused-ring (bicyclic) bond motifs is 1. The molecule has 1 aliphatic heterocycles. The number of ketones is 1. The highest BCUT2D eigenvalue weighted by molar-refractivity contribution is 6.14. The molecule has 1 atom stereocenters. The number of nitriles is 1. The van der Waals surface area contributed by atoms with Gasteiger partial charge in [0.2, 0.25) is 5.88 Å². The van der Waals surface area contributed by atoms with Gasteiger partial charge in [-0.3, -0.25) is 19.1 Å². The lowest BCUT2D eigenvalue weighted by Crippen LogP contribution is -2.47. The minimum atomic E-state index is -0.505. The van der Waals surface area contributed by atoms with Gasteiger partial charge in [0.1, 0.15) is 17.5 Å². The molecule has 2 amide bonds. The molecule has 3 heterocycles. The Morgan fingerprint density at radius 3 is 2.46 bits per heavy atom. The maximum Gasteiger partial charge on any atom is 0.279 e. The van der Waals surface area contributed by atoms with E-state index in [1.54, 1.807) is 33.8 Å². The third kappa shape index (κ3) is 4.67. The highest BCUT2D eigenvalue weighted by Crippen LogP contribution is 2.30. The van der Waals surface area contributed by atoms with Crippen molar-refractivity contribution in [3.8, 4) is 17.7 Å². The number of aromatic nitrogens is 3. The molecule has 5 rings (SSSR count). The summed E-state index contributed by atoms with van der Waals surface area (Å²) < 4.78 is 6.67. The summed E-state index contributed by atoms with van der Waals surface area (Å²) in [5.74, 6) is -0.965. The Morgan fingerprint density at radius 1 is 1.08 bits per heavy atom. The Hall–Kier alpha value is -5.50. The fraction of sp³-hybridized carbons (Fsp3) is 0.143. The molecule has 11 heteroatoms. The number of anilines is 2. The van der Waals surface area contributed by atoms with Gasteiger partial charge in [-0.05, 0) is 55.5 Å². The van der Waals surface area contributed by atoms with Gasteiger partial charge in [-0.2, -0.15) is 10.4 Å². The molecule has 0 radical (unpaired) electrons. The maximum atomic E-state index is 13.6. The van der Waals surface area contributed by atoms with E-state index in [9.17, 15) is 24.8 Å². The highest BCUT2D eigenvalue weighted by Gasteiger charge is 2.34. The average Bonchev–Trinajstić information content (AvgIpc) is 3.35. The number of hydrogen-bond acceptors (Lipinski definition) is 8. The Balaban J connectivity index is 1.38. The molecule has 2 aromatic carbocycles. The first-order valence-corrected chi connectivity index (χ1v) is 11.9. The third-order valence-electron chi connectivity index (χ3n) is 6.39. The van der Waals surface area contributed by atoms with Gasteiger partial charge in [0.25, 0.3) is 11.8 Å². The monoisotopic (exact) mass is 522 g/mol. The predicted molar refractivity (Wildman–Crippen MR) is 140 cm³/mol. The zero-order chi connectivity index (χ0) is 27.7. The smallest absolute Gasteiger partial charge is 0.279 e. The minimum absolute atomic E-state index is 0.176. The average molecular weight is 523 g/mol. The second kappa shape index (κ2) is 10.1. The number of nitrogens with zero attached hydrogens (tertiary/aromatic N) is 5. The van der Waals surface area contributed by atoms with Crippen LogP contribution in [0.25, 0.3) is 0 Å². The van der Waals surface area contributed by atoms with Crippen molar-refractivity contribution in [3.63, 3.8) is 0 Å². The van der Waals surface area contributed by atoms with Gasteiger partial charge in [-0.25, -0.2) is 4.98 Å². The SMILES string of the molecule is COc1ccc(C(=O)Nc2cnn3c2C(=O)N(c2ccc(C(=O)c4ccc(O)nc4)cc2)C(C)C3)cc1C#N. The van der Waals surface area contributed by atoms with Crippen LogP contribution in [-0.2, 0) is 6.54 Å². The van der Waals surface area contributed by atoms with Crippen LogP contribution in [0.1, 0.15) is 49.3 Å². The summed E-state index contributed by atoms with van der Waals surface area (Å²) in [4.78, 5) is 44.7. The van der Waals surface area contributed by atoms with E-state index in [2.05, 4.69) is 15.4 Å². The molecule has 0 saturated carbocycles. The molecule has 11 nitrogen and oxygen atoms in total. The number of carbonyl (C=O) groups is 3. The van der Waals surface area contributed by atoms with E-state index >= 15 is 0 Å². The first-order valence-electron chi connectivity index (χ1n) is 11.9. The molecule has 39 heavy (non-hydrogen) atoms. The summed E-state index contributed by atoms with van der Waals surface area (Å²) in [6.45, 7) is 2.26. The van der Waals surface area contributed by atoms with Gasteiger partial charge >= 0.3 is 0 Å². The van der Waals surface area contributed by atoms with E-state index in [4.69, 9.17) is 4.74 Å². The molecule has 194 valence electrons. The number of hydrogen-bond donors (Lipinski definition) is 2. The number of pyridine rings is 1. The molecule has 0 aliphatic carbocycles. The van der Waals surface area contributed by atoms with Crippen molar-refractivity contribution < 1.29 is 24.2 Å². The normalized spacial score (nSPS) is 14.3. The summed E-state index contributed by atoms with van der Waals surface area (Å²) in [5.41, 5.74) is 2.19. The summed E-state index contributed by atoms with van der Waals surface area (Å²) in [7, 11) is 1.44. The Labute approximate surface area is 222 Å². The predicted octanol–water partition coefficient (Wildman–Crippen LogP) is 3.40. The van der Waals surface area contributed by atoms with Gasteiger partial charge in [0, 0.05) is 34.6 Å². The molecular formula is C28H22N6O5. The van der Waals surface area contributed by atoms with Gasteiger partial charge in [0.05, 0.1) is 37.1 Å². The number of ether oxygens (including phenoxy) is 1. The van der Waals surface area contributed by atoms with Crippen LogP contribution < -0.4 is 15.0 Å². The van der Waals surface area contributed by atoms with Crippen molar-refractivity contribution in [2.45, 2.75) is 19.5 Å². The Bertz CT molecular complexity index is 1640. The molecule has 2 N–H and O–H groups in total. The van der Waals surface area contributed by atoms with Gasteiger partial charge in [-0.15, -0.1) is 0 Å². The topological polar surface area (TPSA) is 150 Å². The van der Waals surface area contributed by atoms with E-state index in [1.807, 2.05) is 13.0 Å². The fourth-order valence-electron chi connectivity index (χ4n) is 4.45. The number of amides is 2. The van der Waals surface area contributed by atoms with E-state index in [0.717, 1.165) is 0 Å². The number of carbonyl (C=O) groups excluding carboxylic acids is 3. The molecule has 0 bridgehead atoms. The number of methoxy groups -OCH3 is 1. The first-order chi connectivity index (χ1) is 18.8. The molecule has 2 aromatic heterocycles. The number of rotatable bonds is 6. The first kappa shape index (κ1) is 25.2. The van der Waals surface area contributed by atoms with Crippen LogP contribution >= 0.6 is 0 Å². The summed E-state index contributed by atoms with van der Waals surface area (Å²) in [6.07, 6.45) is 2.72. The number of benzene rings is 2. The van der Waals surface area contributed by atoms with Gasteiger partial charge in [0.15, 0.2) is 5.78 Å². The van der Waals surface area contributed by atoms with E-state index < -0.39 is 5.91 Å². The van der Waals surface area contributed by atoms with Crippen molar-refractivity contribution in [2.24, 2.45) is 0 Å². The quantitative estimate of drug-likeness (QED) is 0.366.